The number of rotatable bonds is 3. The summed E-state index contributed by atoms with van der Waals surface area (Å²) in [6, 6.07) is 6.18. The Morgan fingerprint density at radius 1 is 1.18 bits per heavy atom. The van der Waals surface area contributed by atoms with Crippen LogP contribution in [0, 0.1) is 0 Å². The number of likely N-dealkylation sites (tertiary alicyclic amines) is 1. The quantitative estimate of drug-likeness (QED) is 0.573. The highest BCUT2D eigenvalue weighted by molar-refractivity contribution is 5.95. The van der Waals surface area contributed by atoms with Crippen LogP contribution in [0.15, 0.2) is 43.0 Å². The molecule has 3 aromatic heterocycles. The summed E-state index contributed by atoms with van der Waals surface area (Å²) in [5.74, 6) is 0.751. The molecule has 1 amide bonds. The number of anilines is 1. The van der Waals surface area contributed by atoms with Gasteiger partial charge in [-0.3, -0.25) is 14.8 Å². The maximum atomic E-state index is 11.6. The highest BCUT2D eigenvalue weighted by Crippen LogP contribution is 2.29. The largest absolute Gasteiger partial charge is 0.350 e. The first-order chi connectivity index (χ1) is 13.7. The molecule has 28 heavy (non-hydrogen) atoms. The highest BCUT2D eigenvalue weighted by Gasteiger charge is 2.23. The van der Waals surface area contributed by atoms with Crippen molar-refractivity contribution >= 4 is 33.9 Å². The summed E-state index contributed by atoms with van der Waals surface area (Å²) in [5.41, 5.74) is 4.55. The van der Waals surface area contributed by atoms with Crippen LogP contribution in [0.4, 0.5) is 5.95 Å². The first-order valence-electron chi connectivity index (χ1n) is 9.23. The second kappa shape index (κ2) is 6.56. The lowest BCUT2D eigenvalue weighted by Gasteiger charge is -2.30. The zero-order valence-electron chi connectivity index (χ0n) is 15.4. The van der Waals surface area contributed by atoms with Gasteiger partial charge in [0.1, 0.15) is 5.65 Å². The smallest absolute Gasteiger partial charge is 0.224 e. The van der Waals surface area contributed by atoms with Crippen LogP contribution in [0.3, 0.4) is 0 Å². The highest BCUT2D eigenvalue weighted by atomic mass is 16.2. The van der Waals surface area contributed by atoms with Gasteiger partial charge in [0.2, 0.25) is 11.9 Å². The van der Waals surface area contributed by atoms with Crippen LogP contribution < -0.4 is 5.32 Å². The van der Waals surface area contributed by atoms with E-state index in [0.29, 0.717) is 18.9 Å². The fourth-order valence-electron chi connectivity index (χ4n) is 3.66. The first kappa shape index (κ1) is 16.6. The van der Waals surface area contributed by atoms with Gasteiger partial charge in [-0.2, -0.15) is 4.98 Å². The molecule has 1 saturated heterocycles. The van der Waals surface area contributed by atoms with E-state index in [2.05, 4.69) is 30.2 Å². The van der Waals surface area contributed by atoms with Crippen molar-refractivity contribution in [1.29, 1.82) is 0 Å². The fourth-order valence-corrected chi connectivity index (χ4v) is 3.66. The number of nitrogens with one attached hydrogen (secondary N) is 2. The van der Waals surface area contributed by atoms with Crippen LogP contribution >= 0.6 is 0 Å². The van der Waals surface area contributed by atoms with E-state index >= 15 is 0 Å². The molecule has 0 saturated carbocycles. The molecule has 4 aromatic rings. The Kier molecular flexibility index (Phi) is 3.89. The number of H-pyrrole nitrogens is 1. The van der Waals surface area contributed by atoms with Gasteiger partial charge in [0, 0.05) is 61.8 Å². The van der Waals surface area contributed by atoms with Gasteiger partial charge in [-0.1, -0.05) is 6.07 Å². The van der Waals surface area contributed by atoms with E-state index in [1.807, 2.05) is 37.6 Å². The average Bonchev–Trinajstić information content (AvgIpc) is 3.14. The Hall–Kier alpha value is -3.55. The second-order valence-corrected chi connectivity index (χ2v) is 7.07. The van der Waals surface area contributed by atoms with E-state index in [1.165, 1.54) is 0 Å². The molecule has 8 nitrogen and oxygen atoms in total. The van der Waals surface area contributed by atoms with Gasteiger partial charge in [-0.05, 0) is 24.1 Å². The van der Waals surface area contributed by atoms with Crippen molar-refractivity contribution in [3.05, 3.63) is 43.0 Å². The number of aromatic nitrogens is 5. The van der Waals surface area contributed by atoms with E-state index in [1.54, 1.807) is 17.3 Å². The molecule has 0 aliphatic carbocycles. The molecule has 0 radical (unpaired) electrons. The molecular formula is C20H19N7O. The van der Waals surface area contributed by atoms with Crippen molar-refractivity contribution in [2.24, 2.45) is 0 Å². The van der Waals surface area contributed by atoms with Gasteiger partial charge >= 0.3 is 0 Å². The summed E-state index contributed by atoms with van der Waals surface area (Å²) in [6.07, 6.45) is 8.49. The van der Waals surface area contributed by atoms with Crippen molar-refractivity contribution in [3.63, 3.8) is 0 Å². The van der Waals surface area contributed by atoms with Gasteiger partial charge in [-0.25, -0.2) is 4.98 Å². The van der Waals surface area contributed by atoms with E-state index in [0.717, 1.165) is 39.6 Å². The molecule has 0 unspecified atom stereocenters. The number of fused-ring (bicyclic) bond motifs is 2. The molecule has 1 aromatic carbocycles. The number of carbonyl (C=O) groups is 1. The van der Waals surface area contributed by atoms with E-state index in [-0.39, 0.29) is 11.9 Å². The molecule has 4 heterocycles. The SMILES string of the molecule is CN1C[C@H](Nc2ncc3c(-c4ccc5nccnc5c4)c[nH]c3n2)CCC1=O. The normalized spacial score (nSPS) is 17.4. The third-order valence-corrected chi connectivity index (χ3v) is 5.17. The predicted molar refractivity (Wildman–Crippen MR) is 107 cm³/mol. The van der Waals surface area contributed by atoms with Gasteiger partial charge in [0.05, 0.1) is 11.0 Å². The van der Waals surface area contributed by atoms with Crippen LogP contribution in [0.1, 0.15) is 12.8 Å². The molecule has 1 atom stereocenters. The fraction of sp³-hybridized carbons (Fsp3) is 0.250. The molecule has 5 rings (SSSR count). The van der Waals surface area contributed by atoms with Gasteiger partial charge in [0.25, 0.3) is 0 Å². The first-order valence-corrected chi connectivity index (χ1v) is 9.23. The summed E-state index contributed by atoms with van der Waals surface area (Å²) in [7, 11) is 1.82. The number of carbonyl (C=O) groups excluding carboxylic acids is 1. The zero-order chi connectivity index (χ0) is 19.1. The Morgan fingerprint density at radius 2 is 2.04 bits per heavy atom. The summed E-state index contributed by atoms with van der Waals surface area (Å²) >= 11 is 0. The minimum atomic E-state index is 0.161. The van der Waals surface area contributed by atoms with E-state index < -0.39 is 0 Å². The van der Waals surface area contributed by atoms with E-state index in [4.69, 9.17) is 0 Å². The lowest BCUT2D eigenvalue weighted by molar-refractivity contribution is -0.132. The topological polar surface area (TPSA) is 99.7 Å². The van der Waals surface area contributed by atoms with Crippen LogP contribution in [0.25, 0.3) is 33.2 Å². The van der Waals surface area contributed by atoms with Crippen LogP contribution in [0.2, 0.25) is 0 Å². The third-order valence-electron chi connectivity index (χ3n) is 5.17. The molecular weight excluding hydrogens is 354 g/mol. The number of piperidine rings is 1. The number of nitrogens with zero attached hydrogens (tertiary/aromatic N) is 5. The lowest BCUT2D eigenvalue weighted by atomic mass is 10.1. The maximum absolute atomic E-state index is 11.6. The van der Waals surface area contributed by atoms with Crippen molar-refractivity contribution < 1.29 is 4.79 Å². The summed E-state index contributed by atoms with van der Waals surface area (Å²) < 4.78 is 0. The maximum Gasteiger partial charge on any atom is 0.224 e. The molecule has 1 fully saturated rings. The second-order valence-electron chi connectivity index (χ2n) is 7.07. The van der Waals surface area contributed by atoms with Gasteiger partial charge < -0.3 is 15.2 Å². The Morgan fingerprint density at radius 3 is 2.89 bits per heavy atom. The van der Waals surface area contributed by atoms with Crippen molar-refractivity contribution in [2.45, 2.75) is 18.9 Å². The van der Waals surface area contributed by atoms with Gasteiger partial charge in [0.15, 0.2) is 0 Å². The minimum Gasteiger partial charge on any atom is -0.350 e. The predicted octanol–water partition coefficient (Wildman–Crippen LogP) is 2.60. The molecule has 8 heteroatoms. The average molecular weight is 373 g/mol. The molecule has 0 bridgehead atoms. The van der Waals surface area contributed by atoms with Crippen molar-refractivity contribution in [1.82, 2.24) is 29.8 Å². The van der Waals surface area contributed by atoms with E-state index in [9.17, 15) is 4.79 Å². The van der Waals surface area contributed by atoms with Crippen molar-refractivity contribution in [2.75, 3.05) is 18.9 Å². The summed E-state index contributed by atoms with van der Waals surface area (Å²) in [4.78, 5) is 34.4. The molecule has 1 aliphatic heterocycles. The summed E-state index contributed by atoms with van der Waals surface area (Å²) in [5, 5.41) is 4.29. The van der Waals surface area contributed by atoms with Crippen LogP contribution in [-0.2, 0) is 4.79 Å². The summed E-state index contributed by atoms with van der Waals surface area (Å²) in [6.45, 7) is 0.661. The monoisotopic (exact) mass is 373 g/mol. The number of likely N-dealkylation sites (N-methyl/N-ethyl adjacent to an activating group) is 1. The standard InChI is InChI=1S/C20H19N7O/c1-27-11-13(3-5-18(27)28)25-20-24-10-15-14(9-23-19(15)26-20)12-2-4-16-17(8-12)22-7-6-21-16/h2,4,6-10,13H,3,5,11H2,1H3,(H2,23,24,25,26)/t13-/m1/s1. The Balaban J connectivity index is 1.43. The lowest BCUT2D eigenvalue weighted by Crippen LogP contribution is -2.43. The number of hydrogen-bond donors (Lipinski definition) is 2. The van der Waals surface area contributed by atoms with Crippen LogP contribution in [0.5, 0.6) is 0 Å². The van der Waals surface area contributed by atoms with Crippen molar-refractivity contribution in [3.8, 4) is 11.1 Å². The molecule has 140 valence electrons. The zero-order valence-corrected chi connectivity index (χ0v) is 15.4. The van der Waals surface area contributed by atoms with Crippen LogP contribution in [-0.4, -0.2) is 55.4 Å². The minimum absolute atomic E-state index is 0.161. The number of benzene rings is 1. The molecule has 2 N–H and O–H groups in total. The third kappa shape index (κ3) is 2.92. The Bertz CT molecular complexity index is 1190. The van der Waals surface area contributed by atoms with Gasteiger partial charge in [-0.15, -0.1) is 0 Å². The number of hydrogen-bond acceptors (Lipinski definition) is 6. The molecule has 0 spiro atoms. The number of amides is 1. The Labute approximate surface area is 161 Å². The molecule has 1 aliphatic rings. The number of aromatic amines is 1.